The molecule has 1 atom stereocenters. The molecule has 1 unspecified atom stereocenters. The fourth-order valence-electron chi connectivity index (χ4n) is 2.31. The Hall–Kier alpha value is -1.39. The van der Waals surface area contributed by atoms with Crippen molar-refractivity contribution in [1.29, 1.82) is 0 Å². The standard InChI is InChI=1S/C15H21ClN4/c1-10(2)20-15(18-9-19-20)8-14(17-4)12-5-6-13(16)11(3)7-12/h5-7,9-10,14,17H,8H2,1-4H3. The molecule has 1 aromatic carbocycles. The molecule has 108 valence electrons. The van der Waals surface area contributed by atoms with Crippen molar-refractivity contribution in [3.63, 3.8) is 0 Å². The Morgan fingerprint density at radius 1 is 1.35 bits per heavy atom. The fraction of sp³-hybridized carbons (Fsp3) is 0.467. The van der Waals surface area contributed by atoms with E-state index >= 15 is 0 Å². The van der Waals surface area contributed by atoms with Gasteiger partial charge in [0.05, 0.1) is 0 Å². The van der Waals surface area contributed by atoms with Crippen LogP contribution in [0, 0.1) is 6.92 Å². The van der Waals surface area contributed by atoms with Crippen molar-refractivity contribution >= 4 is 11.6 Å². The Bertz CT molecular complexity index is 577. The van der Waals surface area contributed by atoms with Gasteiger partial charge in [-0.15, -0.1) is 0 Å². The first-order chi connectivity index (χ1) is 9.52. The lowest BCUT2D eigenvalue weighted by Gasteiger charge is -2.18. The number of aryl methyl sites for hydroxylation is 1. The zero-order valence-corrected chi connectivity index (χ0v) is 13.1. The van der Waals surface area contributed by atoms with E-state index in [0.717, 1.165) is 22.8 Å². The van der Waals surface area contributed by atoms with Gasteiger partial charge in [0.2, 0.25) is 0 Å². The number of nitrogens with zero attached hydrogens (tertiary/aromatic N) is 3. The van der Waals surface area contributed by atoms with E-state index in [1.165, 1.54) is 5.56 Å². The summed E-state index contributed by atoms with van der Waals surface area (Å²) in [4.78, 5) is 4.38. The van der Waals surface area contributed by atoms with Crippen molar-refractivity contribution in [2.24, 2.45) is 0 Å². The number of hydrogen-bond acceptors (Lipinski definition) is 3. The second-order valence-corrected chi connectivity index (χ2v) is 5.68. The molecule has 0 spiro atoms. The maximum Gasteiger partial charge on any atom is 0.138 e. The van der Waals surface area contributed by atoms with Crippen LogP contribution in [0.5, 0.6) is 0 Å². The highest BCUT2D eigenvalue weighted by molar-refractivity contribution is 6.31. The van der Waals surface area contributed by atoms with Gasteiger partial charge in [0.15, 0.2) is 0 Å². The van der Waals surface area contributed by atoms with Gasteiger partial charge in [-0.2, -0.15) is 5.10 Å². The first kappa shape index (κ1) is 15.0. The molecular weight excluding hydrogens is 272 g/mol. The minimum atomic E-state index is 0.202. The Morgan fingerprint density at radius 2 is 2.10 bits per heavy atom. The van der Waals surface area contributed by atoms with E-state index < -0.39 is 0 Å². The minimum absolute atomic E-state index is 0.202. The SMILES string of the molecule is CNC(Cc1ncnn1C(C)C)c1ccc(Cl)c(C)c1. The molecule has 0 aliphatic carbocycles. The molecule has 0 amide bonds. The Kier molecular flexibility index (Phi) is 4.78. The van der Waals surface area contributed by atoms with E-state index in [9.17, 15) is 0 Å². The summed E-state index contributed by atoms with van der Waals surface area (Å²) >= 11 is 6.09. The zero-order valence-electron chi connectivity index (χ0n) is 12.4. The number of halogens is 1. The minimum Gasteiger partial charge on any atom is -0.313 e. The molecule has 1 N–H and O–H groups in total. The highest BCUT2D eigenvalue weighted by atomic mass is 35.5. The number of aromatic nitrogens is 3. The molecule has 0 fully saturated rings. The van der Waals surface area contributed by atoms with Crippen LogP contribution in [0.25, 0.3) is 0 Å². The van der Waals surface area contributed by atoms with Crippen LogP contribution >= 0.6 is 11.6 Å². The van der Waals surface area contributed by atoms with Gasteiger partial charge in [0, 0.05) is 23.5 Å². The van der Waals surface area contributed by atoms with Gasteiger partial charge < -0.3 is 5.32 Å². The van der Waals surface area contributed by atoms with Gasteiger partial charge in [-0.25, -0.2) is 9.67 Å². The van der Waals surface area contributed by atoms with E-state index in [-0.39, 0.29) is 6.04 Å². The monoisotopic (exact) mass is 292 g/mol. The Morgan fingerprint density at radius 3 is 2.70 bits per heavy atom. The summed E-state index contributed by atoms with van der Waals surface area (Å²) in [5.74, 6) is 0.993. The summed E-state index contributed by atoms with van der Waals surface area (Å²) in [5, 5.41) is 8.43. The van der Waals surface area contributed by atoms with Crippen LogP contribution in [0.15, 0.2) is 24.5 Å². The van der Waals surface area contributed by atoms with Crippen LogP contribution in [0.4, 0.5) is 0 Å². The van der Waals surface area contributed by atoms with E-state index in [1.54, 1.807) is 6.33 Å². The number of likely N-dealkylation sites (N-methyl/N-ethyl adjacent to an activating group) is 1. The van der Waals surface area contributed by atoms with Crippen molar-refractivity contribution < 1.29 is 0 Å². The average Bonchev–Trinajstić information content (AvgIpc) is 2.87. The van der Waals surface area contributed by atoms with Crippen LogP contribution in [-0.4, -0.2) is 21.8 Å². The predicted molar refractivity (Wildman–Crippen MR) is 82.1 cm³/mol. The molecule has 4 nitrogen and oxygen atoms in total. The molecule has 1 heterocycles. The van der Waals surface area contributed by atoms with Gasteiger partial charge >= 0.3 is 0 Å². The number of hydrogen-bond donors (Lipinski definition) is 1. The third-order valence-electron chi connectivity index (χ3n) is 3.46. The Balaban J connectivity index is 2.24. The summed E-state index contributed by atoms with van der Waals surface area (Å²) in [6.07, 6.45) is 2.42. The van der Waals surface area contributed by atoms with Crippen LogP contribution < -0.4 is 5.32 Å². The molecule has 2 aromatic rings. The van der Waals surface area contributed by atoms with Gasteiger partial charge in [-0.05, 0) is 45.0 Å². The first-order valence-electron chi connectivity index (χ1n) is 6.84. The van der Waals surface area contributed by atoms with Crippen LogP contribution in [0.2, 0.25) is 5.02 Å². The highest BCUT2D eigenvalue weighted by Gasteiger charge is 2.16. The highest BCUT2D eigenvalue weighted by Crippen LogP contribution is 2.23. The molecule has 0 radical (unpaired) electrons. The molecule has 1 aromatic heterocycles. The van der Waals surface area contributed by atoms with E-state index in [2.05, 4.69) is 41.4 Å². The summed E-state index contributed by atoms with van der Waals surface area (Å²) in [6, 6.07) is 6.65. The van der Waals surface area contributed by atoms with Gasteiger partial charge in [-0.3, -0.25) is 0 Å². The van der Waals surface area contributed by atoms with Gasteiger partial charge in [-0.1, -0.05) is 23.7 Å². The van der Waals surface area contributed by atoms with Crippen molar-refractivity contribution in [2.45, 2.75) is 39.3 Å². The third kappa shape index (κ3) is 3.19. The first-order valence-corrected chi connectivity index (χ1v) is 7.22. The number of rotatable bonds is 5. The normalized spacial score (nSPS) is 12.9. The van der Waals surface area contributed by atoms with Crippen LogP contribution in [0.1, 0.15) is 42.9 Å². The van der Waals surface area contributed by atoms with Crippen LogP contribution in [-0.2, 0) is 6.42 Å². The molecule has 5 heteroatoms. The van der Waals surface area contributed by atoms with Crippen molar-refractivity contribution in [3.8, 4) is 0 Å². The van der Waals surface area contributed by atoms with E-state index in [4.69, 9.17) is 11.6 Å². The summed E-state index contributed by atoms with van der Waals surface area (Å²) < 4.78 is 1.97. The second-order valence-electron chi connectivity index (χ2n) is 5.27. The Labute approximate surface area is 125 Å². The quantitative estimate of drug-likeness (QED) is 0.919. The molecule has 20 heavy (non-hydrogen) atoms. The van der Waals surface area contributed by atoms with Gasteiger partial charge in [0.25, 0.3) is 0 Å². The lowest BCUT2D eigenvalue weighted by Crippen LogP contribution is -2.21. The smallest absolute Gasteiger partial charge is 0.138 e. The molecule has 2 rings (SSSR count). The topological polar surface area (TPSA) is 42.7 Å². The third-order valence-corrected chi connectivity index (χ3v) is 3.88. The fourth-order valence-corrected chi connectivity index (χ4v) is 2.42. The largest absolute Gasteiger partial charge is 0.313 e. The average molecular weight is 293 g/mol. The second kappa shape index (κ2) is 6.37. The maximum atomic E-state index is 6.09. The molecular formula is C15H21ClN4. The van der Waals surface area contributed by atoms with Crippen molar-refractivity contribution in [3.05, 3.63) is 46.5 Å². The summed E-state index contributed by atoms with van der Waals surface area (Å²) in [5.41, 5.74) is 2.31. The molecule has 0 aliphatic heterocycles. The van der Waals surface area contributed by atoms with E-state index in [1.807, 2.05) is 24.7 Å². The predicted octanol–water partition coefficient (Wildman–Crippen LogP) is 3.32. The zero-order chi connectivity index (χ0) is 14.7. The van der Waals surface area contributed by atoms with Crippen LogP contribution in [0.3, 0.4) is 0 Å². The molecule has 0 aliphatic rings. The lowest BCUT2D eigenvalue weighted by molar-refractivity contribution is 0.478. The van der Waals surface area contributed by atoms with E-state index in [0.29, 0.717) is 6.04 Å². The van der Waals surface area contributed by atoms with Crippen molar-refractivity contribution in [2.75, 3.05) is 7.05 Å². The van der Waals surface area contributed by atoms with Gasteiger partial charge in [0.1, 0.15) is 12.2 Å². The van der Waals surface area contributed by atoms with Crippen molar-refractivity contribution in [1.82, 2.24) is 20.1 Å². The molecule has 0 saturated heterocycles. The molecule has 0 bridgehead atoms. The number of benzene rings is 1. The maximum absolute atomic E-state index is 6.09. The molecule has 0 saturated carbocycles. The number of nitrogens with one attached hydrogen (secondary N) is 1. The lowest BCUT2D eigenvalue weighted by atomic mass is 10.0. The summed E-state index contributed by atoms with van der Waals surface area (Å²) in [7, 11) is 1.96. The summed E-state index contributed by atoms with van der Waals surface area (Å²) in [6.45, 7) is 6.24.